The molecule has 0 saturated carbocycles. The van der Waals surface area contributed by atoms with E-state index in [1.807, 2.05) is 0 Å². The second-order valence-corrected chi connectivity index (χ2v) is 2.69. The normalized spacial score (nSPS) is 7.50. The molecule has 0 atom stereocenters. The van der Waals surface area contributed by atoms with E-state index in [-0.39, 0.29) is 49.2 Å². The summed E-state index contributed by atoms with van der Waals surface area (Å²) in [6, 6.07) is 0. The summed E-state index contributed by atoms with van der Waals surface area (Å²) in [5, 5.41) is 7.82. The van der Waals surface area contributed by atoms with E-state index in [4.69, 9.17) is 5.11 Å². The van der Waals surface area contributed by atoms with Gasteiger partial charge in [0, 0.05) is 24.4 Å². The van der Waals surface area contributed by atoms with E-state index in [1.165, 1.54) is 0 Å². The average Bonchev–Trinajstić information content (AvgIpc) is 0.722. The molecule has 0 unspecified atom stereocenters. The van der Waals surface area contributed by atoms with Gasteiger partial charge in [-0.2, -0.15) is 0 Å². The minimum absolute atomic E-state index is 0. The second-order valence-electron chi connectivity index (χ2n) is 0.468. The summed E-state index contributed by atoms with van der Waals surface area (Å²) < 4.78 is -2.08. The predicted molar refractivity (Wildman–Crippen MR) is 35.5 cm³/mol. The second kappa shape index (κ2) is 9.23. The molecule has 0 spiro atoms. The molecule has 0 bridgehead atoms. The van der Waals surface area contributed by atoms with Crippen LogP contribution in [0.1, 0.15) is 0 Å². The molecule has 0 amide bonds. The Bertz CT molecular complexity index is 27.9. The van der Waals surface area contributed by atoms with Crippen molar-refractivity contribution >= 4 is 71.6 Å². The quantitative estimate of drug-likeness (QED) is 0.417. The van der Waals surface area contributed by atoms with E-state index in [1.54, 1.807) is 0 Å². The van der Waals surface area contributed by atoms with Crippen molar-refractivity contribution in [2.45, 2.75) is 3.98 Å². The van der Waals surface area contributed by atoms with Gasteiger partial charge in [-0.15, -0.1) is 12.4 Å². The van der Waals surface area contributed by atoms with Crippen LogP contribution in [0.2, 0.25) is 0 Å². The Hall–Kier alpha value is 2.23. The Morgan fingerprint density at radius 3 is 1.12 bits per heavy atom. The minimum Gasteiger partial charge on any atom is -1.00 e. The average molecular weight is 329 g/mol. The van der Waals surface area contributed by atoms with Crippen LogP contribution in [0.4, 0.5) is 0 Å². The third-order valence-corrected chi connectivity index (χ3v) is 0. The summed E-state index contributed by atoms with van der Waals surface area (Å²) >= 11 is 13.8. The van der Waals surface area contributed by atoms with Gasteiger partial charge in [-0.05, 0) is 0 Å². The molecule has 53 valence electrons. The smallest absolute Gasteiger partial charge is 0.294 e. The van der Waals surface area contributed by atoms with Crippen LogP contribution in [0.15, 0.2) is 0 Å². The van der Waals surface area contributed by atoms with Gasteiger partial charge in [-0.25, -0.2) is 0 Å². The predicted octanol–water partition coefficient (Wildman–Crippen LogP) is -1.65. The largest absolute Gasteiger partial charge is 1.00 e. The Balaban J connectivity index is -0.0000000267. The number of halogens is 5. The van der Waals surface area contributed by atoms with Crippen molar-refractivity contribution in [1.29, 1.82) is 0 Å². The Kier molecular flexibility index (Phi) is 25.9. The zero-order valence-electron chi connectivity index (χ0n) is 3.31. The van der Waals surface area contributed by atoms with E-state index in [9.17, 15) is 0 Å². The standard InChI is InChI=1S/CHCl3O.2ClH.Sb/c2-1(3,4)5;;;/h5H;2*1H;/p-1. The summed E-state index contributed by atoms with van der Waals surface area (Å²) in [6.45, 7) is 0. The summed E-state index contributed by atoms with van der Waals surface area (Å²) in [5.41, 5.74) is 0. The van der Waals surface area contributed by atoms with Crippen LogP contribution in [-0.4, -0.2) is 33.5 Å². The van der Waals surface area contributed by atoms with Crippen molar-refractivity contribution in [2.24, 2.45) is 0 Å². The maximum absolute atomic E-state index is 7.82. The van der Waals surface area contributed by atoms with Crippen molar-refractivity contribution in [1.82, 2.24) is 0 Å². The molecule has 1 nitrogen and oxygen atoms in total. The van der Waals surface area contributed by atoms with Gasteiger partial charge in [-0.3, -0.25) is 0 Å². The molecule has 0 aliphatic carbocycles. The maximum atomic E-state index is 7.82. The van der Waals surface area contributed by atoms with Crippen LogP contribution >= 0.6 is 47.2 Å². The Morgan fingerprint density at radius 2 is 1.12 bits per heavy atom. The Morgan fingerprint density at radius 1 is 1.12 bits per heavy atom. The van der Waals surface area contributed by atoms with E-state index in [2.05, 4.69) is 34.8 Å². The zero-order chi connectivity index (χ0) is 4.50. The van der Waals surface area contributed by atoms with Gasteiger partial charge in [0.1, 0.15) is 0 Å². The first-order chi connectivity index (χ1) is 2.00. The third kappa shape index (κ3) is 86.6. The van der Waals surface area contributed by atoms with Gasteiger partial charge >= 0.3 is 0 Å². The third-order valence-electron chi connectivity index (χ3n) is 0. The van der Waals surface area contributed by atoms with Crippen LogP contribution < -0.4 is 12.4 Å². The van der Waals surface area contributed by atoms with Crippen molar-refractivity contribution in [3.63, 3.8) is 0 Å². The summed E-state index contributed by atoms with van der Waals surface area (Å²) in [4.78, 5) is 0. The first-order valence-corrected chi connectivity index (χ1v) is 1.92. The molecule has 0 aromatic rings. The number of alkyl halides is 3. The van der Waals surface area contributed by atoms with Gasteiger partial charge in [0.05, 0.1) is 0 Å². The number of hydrogen-bond acceptors (Lipinski definition) is 1. The molecular formula is CH2Cl5OSb-. The van der Waals surface area contributed by atoms with Gasteiger partial charge in [0.25, 0.3) is 3.98 Å². The summed E-state index contributed by atoms with van der Waals surface area (Å²) in [7, 11) is 0. The fourth-order valence-corrected chi connectivity index (χ4v) is 0. The SMILES string of the molecule is Cl.OC(Cl)(Cl)Cl.[Cl-].[Sb]. The molecule has 0 aliphatic heterocycles. The molecule has 0 fully saturated rings. The van der Waals surface area contributed by atoms with Crippen LogP contribution in [0.5, 0.6) is 0 Å². The van der Waals surface area contributed by atoms with E-state index < -0.39 is 3.98 Å². The molecule has 0 rings (SSSR count). The molecule has 0 saturated heterocycles. The van der Waals surface area contributed by atoms with Crippen LogP contribution in [-0.2, 0) is 0 Å². The first kappa shape index (κ1) is 22.5. The number of aliphatic hydroxyl groups is 1. The number of hydrogen-bond donors (Lipinski definition) is 1. The van der Waals surface area contributed by atoms with Crippen LogP contribution in [0.25, 0.3) is 0 Å². The monoisotopic (exact) mass is 326 g/mol. The summed E-state index contributed by atoms with van der Waals surface area (Å²) in [5.74, 6) is 0. The fraction of sp³-hybridized carbons (Fsp3) is 1.00. The molecule has 0 heterocycles. The zero-order valence-corrected chi connectivity index (χ0v) is 9.71. The van der Waals surface area contributed by atoms with Crippen molar-refractivity contribution in [3.8, 4) is 0 Å². The van der Waals surface area contributed by atoms with E-state index in [0.717, 1.165) is 0 Å². The molecule has 0 aliphatic rings. The van der Waals surface area contributed by atoms with E-state index in [0.29, 0.717) is 0 Å². The molecule has 1 N–H and O–H groups in total. The minimum atomic E-state index is -2.08. The fourth-order valence-electron chi connectivity index (χ4n) is 0. The van der Waals surface area contributed by atoms with Crippen LogP contribution in [0, 0.1) is 0 Å². The first-order valence-electron chi connectivity index (χ1n) is 0.791. The van der Waals surface area contributed by atoms with Gasteiger partial charge in [0.15, 0.2) is 0 Å². The topological polar surface area (TPSA) is 20.2 Å². The number of rotatable bonds is 0. The Labute approximate surface area is 92.3 Å². The molecular weight excluding hydrogens is 327 g/mol. The molecule has 7 heteroatoms. The molecule has 3 radical (unpaired) electrons. The van der Waals surface area contributed by atoms with Gasteiger partial charge < -0.3 is 17.5 Å². The van der Waals surface area contributed by atoms with Crippen LogP contribution in [0.3, 0.4) is 0 Å². The van der Waals surface area contributed by atoms with Crippen molar-refractivity contribution in [2.75, 3.05) is 0 Å². The molecule has 8 heavy (non-hydrogen) atoms. The van der Waals surface area contributed by atoms with Gasteiger partial charge in [-0.1, -0.05) is 34.8 Å². The van der Waals surface area contributed by atoms with Crippen molar-refractivity contribution < 1.29 is 17.5 Å². The van der Waals surface area contributed by atoms with Gasteiger partial charge in [0.2, 0.25) is 0 Å². The molecule has 0 aromatic heterocycles. The van der Waals surface area contributed by atoms with Crippen molar-refractivity contribution in [3.05, 3.63) is 0 Å². The molecule has 0 aromatic carbocycles. The maximum Gasteiger partial charge on any atom is 0.294 e. The summed E-state index contributed by atoms with van der Waals surface area (Å²) in [6.07, 6.45) is 0. The van der Waals surface area contributed by atoms with E-state index >= 15 is 0 Å².